The molecule has 29 heavy (non-hydrogen) atoms. The molecule has 5 heteroatoms. The number of carbonyl (C=O) groups is 1. The second-order valence-corrected chi connectivity index (χ2v) is 7.70. The molecule has 0 unspecified atom stereocenters. The second-order valence-electron chi connectivity index (χ2n) is 7.70. The molecule has 148 valence electrons. The van der Waals surface area contributed by atoms with Crippen molar-refractivity contribution in [3.05, 3.63) is 83.3 Å². The van der Waals surface area contributed by atoms with Gasteiger partial charge in [0.2, 0.25) is 0 Å². The zero-order valence-corrected chi connectivity index (χ0v) is 17.2. The maximum atomic E-state index is 13.4. The molecule has 0 fully saturated rings. The van der Waals surface area contributed by atoms with E-state index in [1.807, 2.05) is 68.1 Å². The third-order valence-corrected chi connectivity index (χ3v) is 5.29. The first-order chi connectivity index (χ1) is 14.0. The van der Waals surface area contributed by atoms with Gasteiger partial charge >= 0.3 is 0 Å². The molecule has 4 rings (SSSR count). The van der Waals surface area contributed by atoms with Gasteiger partial charge in [-0.15, -0.1) is 0 Å². The first-order valence-corrected chi connectivity index (χ1v) is 10.1. The summed E-state index contributed by atoms with van der Waals surface area (Å²) in [5.74, 6) is 1.33. The van der Waals surface area contributed by atoms with Crippen LogP contribution in [-0.2, 0) is 13.0 Å². The zero-order valence-electron chi connectivity index (χ0n) is 17.2. The van der Waals surface area contributed by atoms with Crippen molar-refractivity contribution in [1.29, 1.82) is 0 Å². The molecule has 0 spiro atoms. The highest BCUT2D eigenvalue weighted by molar-refractivity contribution is 5.93. The van der Waals surface area contributed by atoms with Crippen LogP contribution in [0.25, 0.3) is 0 Å². The molecule has 2 aromatic carbocycles. The third-order valence-electron chi connectivity index (χ3n) is 5.29. The molecule has 2 heterocycles. The highest BCUT2D eigenvalue weighted by atomic mass is 16.2. The van der Waals surface area contributed by atoms with E-state index in [2.05, 4.69) is 33.1 Å². The van der Waals surface area contributed by atoms with E-state index in [9.17, 15) is 4.79 Å². The Bertz CT molecular complexity index is 1020. The molecule has 1 aromatic heterocycles. The van der Waals surface area contributed by atoms with Crippen LogP contribution in [0.15, 0.2) is 60.7 Å². The van der Waals surface area contributed by atoms with Gasteiger partial charge in [0.15, 0.2) is 0 Å². The molecular formula is C24H26N4O. The largest absolute Gasteiger partial charge is 0.331 e. The number of nitrogens with zero attached hydrogens (tertiary/aromatic N) is 4. The van der Waals surface area contributed by atoms with E-state index in [4.69, 9.17) is 0 Å². The zero-order chi connectivity index (χ0) is 20.4. The van der Waals surface area contributed by atoms with Crippen molar-refractivity contribution < 1.29 is 4.79 Å². The molecule has 1 amide bonds. The Morgan fingerprint density at radius 2 is 1.79 bits per heavy atom. The Balaban J connectivity index is 1.65. The van der Waals surface area contributed by atoms with Gasteiger partial charge in [-0.1, -0.05) is 48.5 Å². The van der Waals surface area contributed by atoms with Crippen molar-refractivity contribution in [3.8, 4) is 0 Å². The molecule has 0 saturated carbocycles. The molecule has 1 aliphatic heterocycles. The van der Waals surface area contributed by atoms with E-state index in [-0.39, 0.29) is 11.9 Å². The van der Waals surface area contributed by atoms with E-state index < -0.39 is 0 Å². The fraction of sp³-hybridized carbons (Fsp3) is 0.292. The highest BCUT2D eigenvalue weighted by Crippen LogP contribution is 2.33. The number of carbonyl (C=O) groups excluding carboxylic acids is 1. The molecule has 0 saturated heterocycles. The number of fused-ring (bicyclic) bond motifs is 1. The summed E-state index contributed by atoms with van der Waals surface area (Å²) < 4.78 is 0. The first kappa shape index (κ1) is 19.1. The van der Waals surface area contributed by atoms with Crippen molar-refractivity contribution >= 4 is 17.4 Å². The quantitative estimate of drug-likeness (QED) is 0.646. The number of benzene rings is 2. The Morgan fingerprint density at radius 3 is 2.55 bits per heavy atom. The number of hydrogen-bond acceptors (Lipinski definition) is 4. The number of para-hydroxylation sites is 1. The van der Waals surface area contributed by atoms with Gasteiger partial charge in [-0.05, 0) is 44.4 Å². The smallest absolute Gasteiger partial charge is 0.273 e. The van der Waals surface area contributed by atoms with Crippen LogP contribution in [0.2, 0.25) is 0 Å². The van der Waals surface area contributed by atoms with Crippen LogP contribution in [0, 0.1) is 6.92 Å². The average Bonchev–Trinajstić information content (AvgIpc) is 3.16. The lowest BCUT2D eigenvalue weighted by molar-refractivity contribution is 0.0684. The SMILES string of the molecule is Cc1nc(C(=O)N(Cc2ccccc2)C(C)C)cc(N2CCc3ccccc32)n1. The topological polar surface area (TPSA) is 49.3 Å². The molecule has 0 bridgehead atoms. The summed E-state index contributed by atoms with van der Waals surface area (Å²) in [4.78, 5) is 26.5. The summed E-state index contributed by atoms with van der Waals surface area (Å²) in [6.07, 6.45) is 0.981. The lowest BCUT2D eigenvalue weighted by atomic mass is 10.1. The van der Waals surface area contributed by atoms with Crippen LogP contribution in [0.5, 0.6) is 0 Å². The van der Waals surface area contributed by atoms with Crippen LogP contribution >= 0.6 is 0 Å². The number of aryl methyl sites for hydroxylation is 1. The van der Waals surface area contributed by atoms with Gasteiger partial charge in [0, 0.05) is 30.9 Å². The second kappa shape index (κ2) is 8.03. The van der Waals surface area contributed by atoms with Gasteiger partial charge in [-0.25, -0.2) is 9.97 Å². The predicted molar refractivity (Wildman–Crippen MR) is 115 cm³/mol. The van der Waals surface area contributed by atoms with Crippen LogP contribution in [0.1, 0.15) is 41.3 Å². The Labute approximate surface area is 172 Å². The standard InChI is InChI=1S/C24H26N4O/c1-17(2)28(16-19-9-5-4-6-10-19)24(29)21-15-23(26-18(3)25-21)27-14-13-20-11-7-8-12-22(20)27/h4-12,15,17H,13-14,16H2,1-3H3. The van der Waals surface area contributed by atoms with Gasteiger partial charge in [0.05, 0.1) is 0 Å². The summed E-state index contributed by atoms with van der Waals surface area (Å²) in [5.41, 5.74) is 4.02. The lowest BCUT2D eigenvalue weighted by Gasteiger charge is -2.27. The summed E-state index contributed by atoms with van der Waals surface area (Å²) in [5, 5.41) is 0. The summed E-state index contributed by atoms with van der Waals surface area (Å²) in [6.45, 7) is 7.34. The molecule has 0 N–H and O–H groups in total. The minimum atomic E-state index is -0.0666. The van der Waals surface area contributed by atoms with Gasteiger partial charge in [0.1, 0.15) is 17.3 Å². The van der Waals surface area contributed by atoms with Crippen LogP contribution in [-0.4, -0.2) is 33.4 Å². The average molecular weight is 386 g/mol. The van der Waals surface area contributed by atoms with Crippen LogP contribution < -0.4 is 4.90 Å². The predicted octanol–water partition coefficient (Wildman–Crippen LogP) is 4.53. The minimum Gasteiger partial charge on any atom is -0.331 e. The Kier molecular flexibility index (Phi) is 5.30. The van der Waals surface area contributed by atoms with E-state index in [0.29, 0.717) is 18.1 Å². The van der Waals surface area contributed by atoms with Gasteiger partial charge < -0.3 is 9.80 Å². The number of amides is 1. The monoisotopic (exact) mass is 386 g/mol. The molecule has 3 aromatic rings. The van der Waals surface area contributed by atoms with Crippen molar-refractivity contribution in [2.24, 2.45) is 0 Å². The van der Waals surface area contributed by atoms with Crippen molar-refractivity contribution in [2.75, 3.05) is 11.4 Å². The minimum absolute atomic E-state index is 0.0638. The van der Waals surface area contributed by atoms with Crippen molar-refractivity contribution in [2.45, 2.75) is 39.8 Å². The Hall–Kier alpha value is -3.21. The molecule has 5 nitrogen and oxygen atoms in total. The number of aromatic nitrogens is 2. The Morgan fingerprint density at radius 1 is 1.07 bits per heavy atom. The molecule has 1 aliphatic rings. The van der Waals surface area contributed by atoms with Gasteiger partial charge in [0.25, 0.3) is 5.91 Å². The summed E-state index contributed by atoms with van der Waals surface area (Å²) in [7, 11) is 0. The van der Waals surface area contributed by atoms with Crippen LogP contribution in [0.3, 0.4) is 0 Å². The molecular weight excluding hydrogens is 360 g/mol. The maximum absolute atomic E-state index is 13.4. The van der Waals surface area contributed by atoms with Gasteiger partial charge in [-0.2, -0.15) is 0 Å². The van der Waals surface area contributed by atoms with Crippen LogP contribution in [0.4, 0.5) is 11.5 Å². The molecule has 0 radical (unpaired) electrons. The normalized spacial score (nSPS) is 12.9. The first-order valence-electron chi connectivity index (χ1n) is 10.1. The number of hydrogen-bond donors (Lipinski definition) is 0. The fourth-order valence-electron chi connectivity index (χ4n) is 3.79. The maximum Gasteiger partial charge on any atom is 0.273 e. The van der Waals surface area contributed by atoms with E-state index in [1.54, 1.807) is 0 Å². The number of anilines is 2. The van der Waals surface area contributed by atoms with Crippen molar-refractivity contribution in [3.63, 3.8) is 0 Å². The molecule has 0 atom stereocenters. The summed E-state index contributed by atoms with van der Waals surface area (Å²) >= 11 is 0. The third kappa shape index (κ3) is 3.99. The highest BCUT2D eigenvalue weighted by Gasteiger charge is 2.25. The number of rotatable bonds is 5. The lowest BCUT2D eigenvalue weighted by Crippen LogP contribution is -2.37. The van der Waals surface area contributed by atoms with Gasteiger partial charge in [-0.3, -0.25) is 4.79 Å². The van der Waals surface area contributed by atoms with E-state index in [1.165, 1.54) is 5.56 Å². The van der Waals surface area contributed by atoms with E-state index >= 15 is 0 Å². The summed E-state index contributed by atoms with van der Waals surface area (Å²) in [6, 6.07) is 20.3. The molecule has 0 aliphatic carbocycles. The van der Waals surface area contributed by atoms with Crippen molar-refractivity contribution in [1.82, 2.24) is 14.9 Å². The van der Waals surface area contributed by atoms with E-state index in [0.717, 1.165) is 30.0 Å². The fourth-order valence-corrected chi connectivity index (χ4v) is 3.79.